The van der Waals surface area contributed by atoms with E-state index in [2.05, 4.69) is 9.97 Å². The van der Waals surface area contributed by atoms with Gasteiger partial charge in [-0.2, -0.15) is 0 Å². The van der Waals surface area contributed by atoms with Crippen molar-refractivity contribution in [2.24, 2.45) is 0 Å². The Morgan fingerprint density at radius 2 is 1.93 bits per heavy atom. The van der Waals surface area contributed by atoms with Crippen LogP contribution in [0, 0.1) is 6.92 Å². The van der Waals surface area contributed by atoms with Crippen molar-refractivity contribution in [3.63, 3.8) is 0 Å². The number of fused-ring (bicyclic) bond motifs is 1. The van der Waals surface area contributed by atoms with Crippen LogP contribution in [0.25, 0.3) is 10.9 Å². The van der Waals surface area contributed by atoms with Gasteiger partial charge in [0.25, 0.3) is 0 Å². The first-order valence-corrected chi connectivity index (χ1v) is 5.05. The molecule has 78 valence electrons. The van der Waals surface area contributed by atoms with E-state index in [1.54, 1.807) is 13.2 Å². The average Bonchev–Trinajstić information content (AvgIpc) is 2.17. The second kappa shape index (κ2) is 3.83. The summed E-state index contributed by atoms with van der Waals surface area (Å²) < 4.78 is 5.19. The Bertz CT molecular complexity index is 528. The minimum atomic E-state index is 0.150. The van der Waals surface area contributed by atoms with Crippen LogP contribution in [-0.4, -0.2) is 17.1 Å². The number of hydrogen-bond donors (Lipinski definition) is 0. The summed E-state index contributed by atoms with van der Waals surface area (Å²) in [7, 11) is 1.61. The largest absolute Gasteiger partial charge is 0.496 e. The zero-order valence-electron chi connectivity index (χ0n) is 8.21. The van der Waals surface area contributed by atoms with Crippen LogP contribution >= 0.6 is 23.2 Å². The van der Waals surface area contributed by atoms with Crippen LogP contribution in [0.4, 0.5) is 0 Å². The van der Waals surface area contributed by atoms with Crippen LogP contribution in [0.3, 0.4) is 0 Å². The highest BCUT2D eigenvalue weighted by atomic mass is 35.5. The second-order valence-electron chi connectivity index (χ2n) is 3.07. The van der Waals surface area contributed by atoms with E-state index in [4.69, 9.17) is 27.9 Å². The summed E-state index contributed by atoms with van der Waals surface area (Å²) in [5.74, 6) is 0.760. The molecule has 0 aliphatic carbocycles. The second-order valence-corrected chi connectivity index (χ2v) is 3.77. The van der Waals surface area contributed by atoms with Crippen LogP contribution in [0.15, 0.2) is 12.1 Å². The standard InChI is InChI=1S/C10H8Cl2N2O/c1-5-7(15-2)4-3-6-8(5)9(11)14-10(12)13-6/h3-4H,1-2H3. The van der Waals surface area contributed by atoms with Gasteiger partial charge in [0.15, 0.2) is 0 Å². The van der Waals surface area contributed by atoms with Gasteiger partial charge in [0, 0.05) is 10.9 Å². The fourth-order valence-electron chi connectivity index (χ4n) is 1.51. The van der Waals surface area contributed by atoms with E-state index in [1.165, 1.54) is 0 Å². The lowest BCUT2D eigenvalue weighted by molar-refractivity contribution is 0.412. The molecule has 0 spiro atoms. The number of ether oxygens (including phenoxy) is 1. The number of methoxy groups -OCH3 is 1. The molecule has 0 aliphatic rings. The van der Waals surface area contributed by atoms with Gasteiger partial charge in [-0.1, -0.05) is 11.6 Å². The Labute approximate surface area is 97.0 Å². The number of halogens is 2. The molecule has 0 radical (unpaired) electrons. The van der Waals surface area contributed by atoms with Crippen molar-refractivity contribution in [3.05, 3.63) is 28.1 Å². The lowest BCUT2D eigenvalue weighted by atomic mass is 10.1. The molecule has 0 saturated heterocycles. The van der Waals surface area contributed by atoms with Crippen molar-refractivity contribution < 1.29 is 4.74 Å². The summed E-state index contributed by atoms with van der Waals surface area (Å²) in [5, 5.41) is 1.28. The molecule has 0 amide bonds. The number of rotatable bonds is 1. The van der Waals surface area contributed by atoms with Crippen LogP contribution in [0.2, 0.25) is 10.4 Å². The summed E-state index contributed by atoms with van der Waals surface area (Å²) >= 11 is 11.7. The molecule has 0 N–H and O–H groups in total. The number of hydrogen-bond acceptors (Lipinski definition) is 3. The van der Waals surface area contributed by atoms with Crippen molar-refractivity contribution >= 4 is 34.1 Å². The Kier molecular flexibility index (Phi) is 2.67. The van der Waals surface area contributed by atoms with Crippen LogP contribution in [0.1, 0.15) is 5.56 Å². The maximum absolute atomic E-state index is 6.01. The van der Waals surface area contributed by atoms with Crippen molar-refractivity contribution in [3.8, 4) is 5.75 Å². The van der Waals surface area contributed by atoms with Crippen LogP contribution < -0.4 is 4.74 Å². The summed E-state index contributed by atoms with van der Waals surface area (Å²) in [6, 6.07) is 3.64. The monoisotopic (exact) mass is 242 g/mol. The van der Waals surface area contributed by atoms with E-state index < -0.39 is 0 Å². The van der Waals surface area contributed by atoms with Gasteiger partial charge in [0.2, 0.25) is 5.28 Å². The van der Waals surface area contributed by atoms with E-state index in [9.17, 15) is 0 Å². The van der Waals surface area contributed by atoms with E-state index in [0.29, 0.717) is 5.15 Å². The molecular weight excluding hydrogens is 235 g/mol. The molecule has 1 aromatic heterocycles. The Balaban J connectivity index is 2.87. The summed E-state index contributed by atoms with van der Waals surface area (Å²) in [6.07, 6.45) is 0. The molecule has 1 heterocycles. The molecule has 2 aromatic rings. The molecule has 2 rings (SSSR count). The zero-order chi connectivity index (χ0) is 11.0. The molecule has 0 bridgehead atoms. The first-order chi connectivity index (χ1) is 7.13. The minimum absolute atomic E-state index is 0.150. The van der Waals surface area contributed by atoms with Crippen molar-refractivity contribution in [2.45, 2.75) is 6.92 Å². The van der Waals surface area contributed by atoms with Gasteiger partial charge in [0.05, 0.1) is 12.6 Å². The molecule has 0 atom stereocenters. The van der Waals surface area contributed by atoms with Gasteiger partial charge < -0.3 is 4.74 Å². The van der Waals surface area contributed by atoms with Gasteiger partial charge in [-0.3, -0.25) is 0 Å². The SMILES string of the molecule is COc1ccc2nc(Cl)nc(Cl)c2c1C. The average molecular weight is 243 g/mol. The number of aromatic nitrogens is 2. The van der Waals surface area contributed by atoms with Crippen molar-refractivity contribution in [1.29, 1.82) is 0 Å². The van der Waals surface area contributed by atoms with E-state index in [0.717, 1.165) is 22.2 Å². The highest BCUT2D eigenvalue weighted by molar-refractivity contribution is 6.36. The molecule has 0 saturated carbocycles. The molecule has 1 aromatic carbocycles. The lowest BCUT2D eigenvalue weighted by Crippen LogP contribution is -1.93. The molecule has 5 heteroatoms. The lowest BCUT2D eigenvalue weighted by Gasteiger charge is -2.08. The highest BCUT2D eigenvalue weighted by Gasteiger charge is 2.10. The zero-order valence-corrected chi connectivity index (χ0v) is 9.73. The third kappa shape index (κ3) is 1.73. The van der Waals surface area contributed by atoms with Crippen LogP contribution in [-0.2, 0) is 0 Å². The maximum Gasteiger partial charge on any atom is 0.224 e. The smallest absolute Gasteiger partial charge is 0.224 e. The predicted molar refractivity (Wildman–Crippen MR) is 60.8 cm³/mol. The fraction of sp³-hybridized carbons (Fsp3) is 0.200. The highest BCUT2D eigenvalue weighted by Crippen LogP contribution is 2.30. The van der Waals surface area contributed by atoms with E-state index >= 15 is 0 Å². The predicted octanol–water partition coefficient (Wildman–Crippen LogP) is 3.25. The van der Waals surface area contributed by atoms with Gasteiger partial charge in [0.1, 0.15) is 10.9 Å². The third-order valence-corrected chi connectivity index (χ3v) is 2.67. The van der Waals surface area contributed by atoms with Gasteiger partial charge in [-0.05, 0) is 30.7 Å². The summed E-state index contributed by atoms with van der Waals surface area (Å²) in [6.45, 7) is 1.91. The van der Waals surface area contributed by atoms with Crippen LogP contribution in [0.5, 0.6) is 5.75 Å². The third-order valence-electron chi connectivity index (χ3n) is 2.22. The normalized spacial score (nSPS) is 10.7. The Hall–Kier alpha value is -1.06. The summed E-state index contributed by atoms with van der Waals surface area (Å²) in [5.41, 5.74) is 1.63. The maximum atomic E-state index is 6.01. The Morgan fingerprint density at radius 3 is 2.60 bits per heavy atom. The summed E-state index contributed by atoms with van der Waals surface area (Å²) in [4.78, 5) is 7.99. The van der Waals surface area contributed by atoms with E-state index in [-0.39, 0.29) is 5.28 Å². The van der Waals surface area contributed by atoms with Gasteiger partial charge in [-0.25, -0.2) is 9.97 Å². The topological polar surface area (TPSA) is 35.0 Å². The van der Waals surface area contributed by atoms with Crippen molar-refractivity contribution in [1.82, 2.24) is 9.97 Å². The molecule has 15 heavy (non-hydrogen) atoms. The van der Waals surface area contributed by atoms with Crippen molar-refractivity contribution in [2.75, 3.05) is 7.11 Å². The first-order valence-electron chi connectivity index (χ1n) is 4.30. The molecular formula is C10H8Cl2N2O. The van der Waals surface area contributed by atoms with E-state index in [1.807, 2.05) is 13.0 Å². The Morgan fingerprint density at radius 1 is 1.20 bits per heavy atom. The molecule has 0 unspecified atom stereocenters. The first kappa shape index (κ1) is 10.5. The minimum Gasteiger partial charge on any atom is -0.496 e. The molecule has 3 nitrogen and oxygen atoms in total. The molecule has 0 fully saturated rings. The fourth-order valence-corrected chi connectivity index (χ4v) is 2.05. The molecule has 0 aliphatic heterocycles. The van der Waals surface area contributed by atoms with Gasteiger partial charge in [-0.15, -0.1) is 0 Å². The quantitative estimate of drug-likeness (QED) is 0.569. The number of benzene rings is 1. The van der Waals surface area contributed by atoms with Gasteiger partial charge >= 0.3 is 0 Å². The number of nitrogens with zero attached hydrogens (tertiary/aromatic N) is 2. The number of aryl methyl sites for hydroxylation is 1.